The normalized spacial score (nSPS) is 15.3. The molecule has 0 radical (unpaired) electrons. The van der Waals surface area contributed by atoms with Crippen molar-refractivity contribution in [3.8, 4) is 5.69 Å². The van der Waals surface area contributed by atoms with E-state index in [1.54, 1.807) is 30.5 Å². The second-order valence-corrected chi connectivity index (χ2v) is 9.24. The number of pyridine rings is 1. The van der Waals surface area contributed by atoms with Crippen molar-refractivity contribution in [2.75, 3.05) is 4.90 Å². The molecular formula is C26H18Cl2N4O2S. The van der Waals surface area contributed by atoms with Crippen LogP contribution in [0.2, 0.25) is 10.0 Å². The van der Waals surface area contributed by atoms with E-state index in [0.717, 1.165) is 33.5 Å². The summed E-state index contributed by atoms with van der Waals surface area (Å²) in [5.74, 6) is -1.15. The molecule has 3 heterocycles. The zero-order chi connectivity index (χ0) is 24.9. The molecule has 0 atom stereocenters. The lowest BCUT2D eigenvalue weighted by Gasteiger charge is -2.29. The Morgan fingerprint density at radius 2 is 1.83 bits per heavy atom. The van der Waals surface area contributed by atoms with Crippen LogP contribution in [0, 0.1) is 13.8 Å². The maximum Gasteiger partial charge on any atom is 0.270 e. The zero-order valence-electron chi connectivity index (χ0n) is 18.7. The predicted octanol–water partition coefficient (Wildman–Crippen LogP) is 5.78. The molecule has 9 heteroatoms. The first-order valence-electron chi connectivity index (χ1n) is 10.7. The first kappa shape index (κ1) is 23.2. The van der Waals surface area contributed by atoms with Crippen molar-refractivity contribution >= 4 is 75.0 Å². The number of anilines is 1. The number of nitrogens with zero attached hydrogens (tertiary/aromatic N) is 3. The summed E-state index contributed by atoms with van der Waals surface area (Å²) in [6.07, 6.45) is 3.34. The maximum atomic E-state index is 13.4. The Bertz CT molecular complexity index is 1590. The minimum Gasteiger partial charge on any atom is -0.318 e. The molecule has 0 spiro atoms. The number of hydrogen-bond donors (Lipinski definition) is 1. The minimum atomic E-state index is -0.579. The van der Waals surface area contributed by atoms with E-state index in [2.05, 4.69) is 20.9 Å². The van der Waals surface area contributed by atoms with Crippen molar-refractivity contribution in [3.05, 3.63) is 93.4 Å². The molecule has 2 amide bonds. The lowest BCUT2D eigenvalue weighted by molar-refractivity contribution is -0.122. The molecule has 5 rings (SSSR count). The topological polar surface area (TPSA) is 67.2 Å². The molecule has 2 aromatic carbocycles. The lowest BCUT2D eigenvalue weighted by Crippen LogP contribution is -2.54. The number of fused-ring (bicyclic) bond motifs is 1. The predicted molar refractivity (Wildman–Crippen MR) is 143 cm³/mol. The highest BCUT2D eigenvalue weighted by Crippen LogP contribution is 2.34. The number of aromatic nitrogens is 2. The van der Waals surface area contributed by atoms with E-state index in [0.29, 0.717) is 5.69 Å². The van der Waals surface area contributed by atoms with E-state index in [1.165, 1.54) is 4.90 Å². The van der Waals surface area contributed by atoms with Gasteiger partial charge in [-0.3, -0.25) is 24.8 Å². The van der Waals surface area contributed by atoms with Gasteiger partial charge in [-0.1, -0.05) is 35.3 Å². The molecule has 35 heavy (non-hydrogen) atoms. The molecule has 0 bridgehead atoms. The fourth-order valence-electron chi connectivity index (χ4n) is 4.23. The Kier molecular flexibility index (Phi) is 5.92. The van der Waals surface area contributed by atoms with Gasteiger partial charge in [0.1, 0.15) is 5.57 Å². The summed E-state index contributed by atoms with van der Waals surface area (Å²) >= 11 is 17.7. The van der Waals surface area contributed by atoms with Crippen molar-refractivity contribution in [2.24, 2.45) is 0 Å². The van der Waals surface area contributed by atoms with Gasteiger partial charge in [0.05, 0.1) is 21.2 Å². The summed E-state index contributed by atoms with van der Waals surface area (Å²) < 4.78 is 2.07. The molecule has 0 aliphatic carbocycles. The molecule has 0 saturated carbocycles. The molecule has 1 fully saturated rings. The van der Waals surface area contributed by atoms with Gasteiger partial charge < -0.3 is 4.57 Å². The molecule has 0 unspecified atom stereocenters. The maximum absolute atomic E-state index is 13.4. The van der Waals surface area contributed by atoms with Crippen LogP contribution in [0.4, 0.5) is 5.69 Å². The molecule has 1 N–H and O–H groups in total. The first-order chi connectivity index (χ1) is 16.8. The molecule has 2 aromatic heterocycles. The SMILES string of the molecule is Cc1cc(/C=C2\C(=O)NC(=S)N(c3cccc(Cl)c3Cl)C2=O)c(C)n1-c1ccc2ncccc2c1. The molecule has 1 aliphatic rings. The Labute approximate surface area is 216 Å². The number of amides is 2. The second-order valence-electron chi connectivity index (χ2n) is 8.07. The van der Waals surface area contributed by atoms with Crippen LogP contribution in [-0.4, -0.2) is 26.5 Å². The minimum absolute atomic E-state index is 0.0578. The van der Waals surface area contributed by atoms with E-state index in [1.807, 2.05) is 44.2 Å². The van der Waals surface area contributed by atoms with Crippen molar-refractivity contribution < 1.29 is 9.59 Å². The third kappa shape index (κ3) is 4.01. The molecule has 4 aromatic rings. The van der Waals surface area contributed by atoms with Crippen molar-refractivity contribution in [1.29, 1.82) is 0 Å². The number of nitrogens with one attached hydrogen (secondary N) is 1. The summed E-state index contributed by atoms with van der Waals surface area (Å²) in [5, 5.41) is 3.98. The van der Waals surface area contributed by atoms with E-state index >= 15 is 0 Å². The molecular weight excluding hydrogens is 503 g/mol. The number of carbonyl (C=O) groups is 2. The number of halogens is 2. The highest BCUT2D eigenvalue weighted by Gasteiger charge is 2.36. The third-order valence-corrected chi connectivity index (χ3v) is 6.98. The standard InChI is InChI=1S/C26H18Cl2N4O2S/c1-14-11-17(15(2)31(14)18-8-9-21-16(12-18)5-4-10-29-21)13-19-24(33)30-26(35)32(25(19)34)22-7-3-6-20(27)23(22)28/h3-13H,1-2H3,(H,30,33,35)/b19-13+. The van der Waals surface area contributed by atoms with Gasteiger partial charge in [0, 0.05) is 28.7 Å². The van der Waals surface area contributed by atoms with E-state index in [9.17, 15) is 9.59 Å². The van der Waals surface area contributed by atoms with Gasteiger partial charge in [-0.25, -0.2) is 0 Å². The van der Waals surface area contributed by atoms with Crippen molar-refractivity contribution in [1.82, 2.24) is 14.9 Å². The van der Waals surface area contributed by atoms with Crippen LogP contribution < -0.4 is 10.2 Å². The summed E-state index contributed by atoms with van der Waals surface area (Å²) in [6, 6.07) is 16.7. The Morgan fingerprint density at radius 1 is 1.03 bits per heavy atom. The van der Waals surface area contributed by atoms with Crippen LogP contribution in [-0.2, 0) is 9.59 Å². The van der Waals surface area contributed by atoms with Gasteiger partial charge in [-0.2, -0.15) is 0 Å². The number of benzene rings is 2. The zero-order valence-corrected chi connectivity index (χ0v) is 21.0. The third-order valence-electron chi connectivity index (χ3n) is 5.89. The van der Waals surface area contributed by atoms with Gasteiger partial charge in [-0.05, 0) is 80.2 Å². The van der Waals surface area contributed by atoms with Crippen molar-refractivity contribution in [3.63, 3.8) is 0 Å². The number of aryl methyl sites for hydroxylation is 1. The van der Waals surface area contributed by atoms with Crippen LogP contribution in [0.5, 0.6) is 0 Å². The number of thiocarbonyl (C=S) groups is 1. The van der Waals surface area contributed by atoms with Gasteiger partial charge in [-0.15, -0.1) is 0 Å². The smallest absolute Gasteiger partial charge is 0.270 e. The van der Waals surface area contributed by atoms with E-state index < -0.39 is 11.8 Å². The Morgan fingerprint density at radius 3 is 2.63 bits per heavy atom. The van der Waals surface area contributed by atoms with Crippen LogP contribution in [0.25, 0.3) is 22.7 Å². The fraction of sp³-hybridized carbons (Fsp3) is 0.0769. The molecule has 174 valence electrons. The van der Waals surface area contributed by atoms with Crippen molar-refractivity contribution in [2.45, 2.75) is 13.8 Å². The average molecular weight is 521 g/mol. The van der Waals surface area contributed by atoms with E-state index in [-0.39, 0.29) is 20.7 Å². The summed E-state index contributed by atoms with van der Waals surface area (Å²) in [7, 11) is 0. The van der Waals surface area contributed by atoms with Gasteiger partial charge in [0.2, 0.25) is 0 Å². The molecule has 1 saturated heterocycles. The lowest BCUT2D eigenvalue weighted by atomic mass is 10.1. The highest BCUT2D eigenvalue weighted by molar-refractivity contribution is 7.80. The van der Waals surface area contributed by atoms with Gasteiger partial charge >= 0.3 is 0 Å². The van der Waals surface area contributed by atoms with Crippen LogP contribution in [0.3, 0.4) is 0 Å². The van der Waals surface area contributed by atoms with Crippen LogP contribution >= 0.6 is 35.4 Å². The monoisotopic (exact) mass is 520 g/mol. The number of hydrogen-bond acceptors (Lipinski definition) is 4. The van der Waals surface area contributed by atoms with Gasteiger partial charge in [0.15, 0.2) is 5.11 Å². The van der Waals surface area contributed by atoms with Crippen LogP contribution in [0.1, 0.15) is 17.0 Å². The Hall–Kier alpha value is -3.52. The summed E-state index contributed by atoms with van der Waals surface area (Å²) in [5.41, 5.74) is 4.66. The van der Waals surface area contributed by atoms with Gasteiger partial charge in [0.25, 0.3) is 11.8 Å². The quantitative estimate of drug-likeness (QED) is 0.211. The largest absolute Gasteiger partial charge is 0.318 e. The fourth-order valence-corrected chi connectivity index (χ4v) is 4.88. The number of carbonyl (C=O) groups excluding carboxylic acids is 2. The Balaban J connectivity index is 1.58. The number of rotatable bonds is 3. The summed E-state index contributed by atoms with van der Waals surface area (Å²) in [4.78, 5) is 31.8. The first-order valence-corrected chi connectivity index (χ1v) is 11.8. The molecule has 1 aliphatic heterocycles. The van der Waals surface area contributed by atoms with E-state index in [4.69, 9.17) is 35.4 Å². The summed E-state index contributed by atoms with van der Waals surface area (Å²) in [6.45, 7) is 3.91. The van der Waals surface area contributed by atoms with Crippen LogP contribution in [0.15, 0.2) is 66.4 Å². The highest BCUT2D eigenvalue weighted by atomic mass is 35.5. The molecule has 6 nitrogen and oxygen atoms in total. The average Bonchev–Trinajstić information content (AvgIpc) is 3.11. The second kappa shape index (κ2) is 8.92.